The Bertz CT molecular complexity index is 3360. The molecule has 1 unspecified atom stereocenters. The number of rotatable bonds is 3. The highest BCUT2D eigenvalue weighted by molar-refractivity contribution is 6.16. The normalized spacial score (nSPS) is 14.9. The van der Waals surface area contributed by atoms with Crippen molar-refractivity contribution in [2.24, 2.45) is 5.92 Å². The SMILES string of the molecule is CC1C=CC2=C(C1)c1cc3ccccc3cc1-c1cc(-c3ccc4c(c3)c3ccccc3n4-c3cc4ccccc4c4ccccc34)cc(-c3ccccc3)c1N2. The lowest BCUT2D eigenvalue weighted by Gasteiger charge is -2.21. The molecule has 268 valence electrons. The van der Waals surface area contributed by atoms with E-state index in [0.717, 1.165) is 12.1 Å². The molecule has 10 aromatic rings. The number of aromatic nitrogens is 1. The van der Waals surface area contributed by atoms with Gasteiger partial charge in [-0.3, -0.25) is 0 Å². The summed E-state index contributed by atoms with van der Waals surface area (Å²) in [6.07, 6.45) is 5.65. The second kappa shape index (κ2) is 12.4. The predicted octanol–water partition coefficient (Wildman–Crippen LogP) is 15.0. The summed E-state index contributed by atoms with van der Waals surface area (Å²) in [7, 11) is 0. The lowest BCUT2D eigenvalue weighted by atomic mass is 9.84. The molecule has 1 aromatic heterocycles. The van der Waals surface area contributed by atoms with Crippen LogP contribution in [-0.4, -0.2) is 4.57 Å². The summed E-state index contributed by atoms with van der Waals surface area (Å²) in [5.41, 5.74) is 16.0. The molecule has 0 spiro atoms. The number of para-hydroxylation sites is 1. The summed E-state index contributed by atoms with van der Waals surface area (Å²) in [5, 5.41) is 14.1. The quantitative estimate of drug-likeness (QED) is 0.179. The van der Waals surface area contributed by atoms with E-state index in [9.17, 15) is 0 Å². The van der Waals surface area contributed by atoms with Crippen LogP contribution in [0.4, 0.5) is 5.69 Å². The monoisotopic (exact) mass is 726 g/mol. The third kappa shape index (κ3) is 4.97. The summed E-state index contributed by atoms with van der Waals surface area (Å²) in [6, 6.07) is 65.3. The van der Waals surface area contributed by atoms with Gasteiger partial charge < -0.3 is 9.88 Å². The van der Waals surface area contributed by atoms with Crippen LogP contribution in [-0.2, 0) is 0 Å². The van der Waals surface area contributed by atoms with Gasteiger partial charge in [0.15, 0.2) is 0 Å². The summed E-state index contributed by atoms with van der Waals surface area (Å²) < 4.78 is 2.48. The third-order valence-corrected chi connectivity index (χ3v) is 12.4. The number of anilines is 1. The molecule has 1 N–H and O–H groups in total. The molecule has 2 aliphatic rings. The molecule has 0 bridgehead atoms. The van der Waals surface area contributed by atoms with Crippen LogP contribution >= 0.6 is 0 Å². The fourth-order valence-corrected chi connectivity index (χ4v) is 9.71. The number of allylic oxidation sites excluding steroid dienone is 3. The van der Waals surface area contributed by atoms with Gasteiger partial charge in [0.25, 0.3) is 0 Å². The van der Waals surface area contributed by atoms with Gasteiger partial charge in [0.1, 0.15) is 0 Å². The summed E-state index contributed by atoms with van der Waals surface area (Å²) >= 11 is 0. The van der Waals surface area contributed by atoms with Crippen LogP contribution < -0.4 is 5.32 Å². The number of fused-ring (bicyclic) bond motifs is 11. The van der Waals surface area contributed by atoms with Gasteiger partial charge in [-0.05, 0) is 127 Å². The average molecular weight is 727 g/mol. The third-order valence-electron chi connectivity index (χ3n) is 12.4. The molecule has 0 saturated heterocycles. The maximum atomic E-state index is 4.02. The second-order valence-electron chi connectivity index (χ2n) is 15.9. The zero-order valence-corrected chi connectivity index (χ0v) is 31.6. The molecule has 0 saturated carbocycles. The number of hydrogen-bond donors (Lipinski definition) is 1. The molecule has 2 nitrogen and oxygen atoms in total. The average Bonchev–Trinajstić information content (AvgIpc) is 3.53. The largest absolute Gasteiger partial charge is 0.354 e. The van der Waals surface area contributed by atoms with Gasteiger partial charge in [0.2, 0.25) is 0 Å². The number of hydrogen-bond acceptors (Lipinski definition) is 1. The molecule has 2 heteroatoms. The summed E-state index contributed by atoms with van der Waals surface area (Å²) in [5.74, 6) is 0.469. The smallest absolute Gasteiger partial charge is 0.0546 e. The van der Waals surface area contributed by atoms with Crippen molar-refractivity contribution in [3.05, 3.63) is 199 Å². The van der Waals surface area contributed by atoms with E-state index in [1.54, 1.807) is 0 Å². The van der Waals surface area contributed by atoms with E-state index in [4.69, 9.17) is 0 Å². The zero-order chi connectivity index (χ0) is 37.6. The Morgan fingerprint density at radius 3 is 1.93 bits per heavy atom. The Balaban J connectivity index is 1.12. The molecular weight excluding hydrogens is 689 g/mol. The fourth-order valence-electron chi connectivity index (χ4n) is 9.71. The minimum atomic E-state index is 0.469. The number of nitrogens with one attached hydrogen (secondary N) is 1. The highest BCUT2D eigenvalue weighted by Crippen LogP contribution is 2.50. The minimum Gasteiger partial charge on any atom is -0.354 e. The first kappa shape index (κ1) is 32.1. The Morgan fingerprint density at radius 1 is 0.456 bits per heavy atom. The Hall–Kier alpha value is -7.16. The van der Waals surface area contributed by atoms with Crippen molar-refractivity contribution in [2.75, 3.05) is 5.32 Å². The van der Waals surface area contributed by atoms with Crippen molar-refractivity contribution < 1.29 is 0 Å². The molecule has 2 heterocycles. The van der Waals surface area contributed by atoms with Gasteiger partial charge in [0, 0.05) is 33.0 Å². The lowest BCUT2D eigenvalue weighted by molar-refractivity contribution is 0.745. The van der Waals surface area contributed by atoms with Gasteiger partial charge in [-0.1, -0.05) is 140 Å². The molecule has 1 aliphatic heterocycles. The van der Waals surface area contributed by atoms with Crippen molar-refractivity contribution in [2.45, 2.75) is 13.3 Å². The van der Waals surface area contributed by atoms with E-state index in [-0.39, 0.29) is 0 Å². The van der Waals surface area contributed by atoms with Crippen LogP contribution in [0, 0.1) is 5.92 Å². The van der Waals surface area contributed by atoms with Gasteiger partial charge in [0.05, 0.1) is 22.4 Å². The molecule has 12 rings (SSSR count). The van der Waals surface area contributed by atoms with Crippen molar-refractivity contribution in [3.63, 3.8) is 0 Å². The maximum Gasteiger partial charge on any atom is 0.0546 e. The van der Waals surface area contributed by atoms with E-state index < -0.39 is 0 Å². The Kier molecular flexibility index (Phi) is 7.00. The lowest BCUT2D eigenvalue weighted by Crippen LogP contribution is -2.07. The van der Waals surface area contributed by atoms with E-state index in [2.05, 4.69) is 205 Å². The van der Waals surface area contributed by atoms with E-state index in [1.165, 1.54) is 110 Å². The molecule has 1 aliphatic carbocycles. The first-order valence-electron chi connectivity index (χ1n) is 20.1. The van der Waals surface area contributed by atoms with Gasteiger partial charge in [-0.15, -0.1) is 0 Å². The van der Waals surface area contributed by atoms with Gasteiger partial charge in [-0.2, -0.15) is 0 Å². The van der Waals surface area contributed by atoms with Gasteiger partial charge in [-0.25, -0.2) is 0 Å². The van der Waals surface area contributed by atoms with Crippen LogP contribution in [0.15, 0.2) is 194 Å². The first-order chi connectivity index (χ1) is 28.2. The highest BCUT2D eigenvalue weighted by atomic mass is 15.0. The summed E-state index contributed by atoms with van der Waals surface area (Å²) in [4.78, 5) is 0. The van der Waals surface area contributed by atoms with Crippen molar-refractivity contribution >= 4 is 65.4 Å². The second-order valence-corrected chi connectivity index (χ2v) is 15.9. The maximum absolute atomic E-state index is 4.02. The van der Waals surface area contributed by atoms with E-state index in [1.807, 2.05) is 0 Å². The molecule has 9 aromatic carbocycles. The summed E-state index contributed by atoms with van der Waals surface area (Å²) in [6.45, 7) is 2.32. The first-order valence-corrected chi connectivity index (χ1v) is 20.1. The molecule has 1 atom stereocenters. The van der Waals surface area contributed by atoms with Crippen molar-refractivity contribution in [3.8, 4) is 39.1 Å². The molecule has 57 heavy (non-hydrogen) atoms. The Morgan fingerprint density at radius 2 is 1.11 bits per heavy atom. The molecule has 0 radical (unpaired) electrons. The van der Waals surface area contributed by atoms with Crippen molar-refractivity contribution in [1.82, 2.24) is 4.57 Å². The van der Waals surface area contributed by atoms with Crippen LogP contribution in [0.3, 0.4) is 0 Å². The molecule has 0 amide bonds. The van der Waals surface area contributed by atoms with E-state index >= 15 is 0 Å². The Labute approximate surface area is 331 Å². The predicted molar refractivity (Wildman–Crippen MR) is 243 cm³/mol. The number of benzene rings is 9. The van der Waals surface area contributed by atoms with Crippen LogP contribution in [0.2, 0.25) is 0 Å². The highest BCUT2D eigenvalue weighted by Gasteiger charge is 2.27. The number of nitrogens with zero attached hydrogens (tertiary/aromatic N) is 1. The van der Waals surface area contributed by atoms with Crippen LogP contribution in [0.1, 0.15) is 18.9 Å². The zero-order valence-electron chi connectivity index (χ0n) is 31.6. The van der Waals surface area contributed by atoms with Crippen molar-refractivity contribution in [1.29, 1.82) is 0 Å². The standard InChI is InChI=1S/C55H38N2/c1-34-23-25-51-48(27-34)46-28-36-15-5-6-16-37(36)29-47(46)50-32-40(31-45(55(50)56-51)35-13-3-2-4-14-35)38-24-26-53-49(30-38)44-21-11-12-22-52(44)57(53)54-33-39-17-7-8-18-41(39)42-19-9-10-20-43(42)54/h2-26,28-34,56H,27H2,1H3. The minimum absolute atomic E-state index is 0.469. The molecule has 0 fully saturated rings. The topological polar surface area (TPSA) is 17.0 Å². The van der Waals surface area contributed by atoms with E-state index in [0.29, 0.717) is 5.92 Å². The van der Waals surface area contributed by atoms with Crippen LogP contribution in [0.5, 0.6) is 0 Å². The molecular formula is C55H38N2. The fraction of sp³-hybridized carbons (Fsp3) is 0.0545. The van der Waals surface area contributed by atoms with Crippen LogP contribution in [0.25, 0.3) is 98.8 Å². The van der Waals surface area contributed by atoms with Gasteiger partial charge >= 0.3 is 0 Å².